The van der Waals surface area contributed by atoms with Crippen LogP contribution in [0.2, 0.25) is 0 Å². The SMILES string of the molecule is CCN(CC(=O)O)C1CC(Nc2ccc([N+](=O)[O-])cc2C(=O)NC)C1. The van der Waals surface area contributed by atoms with Gasteiger partial charge in [-0.15, -0.1) is 0 Å². The number of carboxylic acids is 1. The number of aliphatic carboxylic acids is 1. The molecule has 1 aromatic rings. The summed E-state index contributed by atoms with van der Waals surface area (Å²) in [5.74, 6) is -1.25. The number of non-ortho nitro benzene ring substituents is 1. The van der Waals surface area contributed by atoms with Crippen LogP contribution in [-0.2, 0) is 4.79 Å². The number of nitrogens with one attached hydrogen (secondary N) is 2. The number of nitrogens with zero attached hydrogens (tertiary/aromatic N) is 2. The van der Waals surface area contributed by atoms with Gasteiger partial charge in [-0.2, -0.15) is 0 Å². The fourth-order valence-electron chi connectivity index (χ4n) is 2.99. The summed E-state index contributed by atoms with van der Waals surface area (Å²) in [7, 11) is 1.47. The molecule has 0 aliphatic heterocycles. The van der Waals surface area contributed by atoms with Crippen molar-refractivity contribution in [1.82, 2.24) is 10.2 Å². The van der Waals surface area contributed by atoms with E-state index in [0.717, 1.165) is 12.8 Å². The predicted octanol–water partition coefficient (Wildman–Crippen LogP) is 1.30. The first-order valence-corrected chi connectivity index (χ1v) is 8.08. The van der Waals surface area contributed by atoms with Gasteiger partial charge >= 0.3 is 5.97 Å². The van der Waals surface area contributed by atoms with E-state index in [0.29, 0.717) is 12.2 Å². The normalized spacial score (nSPS) is 19.2. The van der Waals surface area contributed by atoms with Crippen LogP contribution in [0, 0.1) is 10.1 Å². The molecular weight excluding hydrogens is 328 g/mol. The number of benzene rings is 1. The van der Waals surface area contributed by atoms with E-state index in [2.05, 4.69) is 10.6 Å². The second kappa shape index (κ2) is 7.93. The average molecular weight is 350 g/mol. The first kappa shape index (κ1) is 18.7. The van der Waals surface area contributed by atoms with Gasteiger partial charge in [0.25, 0.3) is 11.6 Å². The molecule has 0 atom stereocenters. The molecule has 1 aliphatic carbocycles. The molecule has 0 spiro atoms. The van der Waals surface area contributed by atoms with Gasteiger partial charge in [-0.3, -0.25) is 24.6 Å². The Hall–Kier alpha value is -2.68. The number of hydrogen-bond donors (Lipinski definition) is 3. The number of carbonyl (C=O) groups excluding carboxylic acids is 1. The molecule has 0 saturated heterocycles. The maximum atomic E-state index is 12.0. The lowest BCUT2D eigenvalue weighted by Gasteiger charge is -2.42. The number of likely N-dealkylation sites (N-methyl/N-ethyl adjacent to an activating group) is 1. The standard InChI is InChI=1S/C16H22N4O5/c1-3-19(9-15(21)22)12-6-10(7-12)18-14-5-4-11(20(24)25)8-13(14)16(23)17-2/h4-5,8,10,12,18H,3,6-7,9H2,1-2H3,(H,17,23)(H,21,22). The zero-order valence-corrected chi connectivity index (χ0v) is 14.2. The van der Waals surface area contributed by atoms with Crippen LogP contribution < -0.4 is 10.6 Å². The monoisotopic (exact) mass is 350 g/mol. The number of amides is 1. The molecule has 0 radical (unpaired) electrons. The topological polar surface area (TPSA) is 125 Å². The van der Waals surface area contributed by atoms with Gasteiger partial charge in [-0.05, 0) is 25.5 Å². The van der Waals surface area contributed by atoms with Crippen LogP contribution in [0.3, 0.4) is 0 Å². The van der Waals surface area contributed by atoms with E-state index in [9.17, 15) is 19.7 Å². The maximum Gasteiger partial charge on any atom is 0.317 e. The van der Waals surface area contributed by atoms with Gasteiger partial charge in [0.05, 0.1) is 17.0 Å². The van der Waals surface area contributed by atoms with E-state index in [1.807, 2.05) is 11.8 Å². The summed E-state index contributed by atoms with van der Waals surface area (Å²) in [6.45, 7) is 2.59. The summed E-state index contributed by atoms with van der Waals surface area (Å²) < 4.78 is 0. The maximum absolute atomic E-state index is 12.0. The Morgan fingerprint density at radius 3 is 2.60 bits per heavy atom. The van der Waals surface area contributed by atoms with E-state index >= 15 is 0 Å². The quantitative estimate of drug-likeness (QED) is 0.477. The minimum absolute atomic E-state index is 0.00884. The molecule has 0 aromatic heterocycles. The lowest BCUT2D eigenvalue weighted by molar-refractivity contribution is -0.384. The smallest absolute Gasteiger partial charge is 0.317 e. The van der Waals surface area contributed by atoms with Gasteiger partial charge in [0.15, 0.2) is 0 Å². The van der Waals surface area contributed by atoms with Gasteiger partial charge in [-0.25, -0.2) is 0 Å². The summed E-state index contributed by atoms with van der Waals surface area (Å²) in [5.41, 5.74) is 0.613. The molecule has 0 unspecified atom stereocenters. The van der Waals surface area contributed by atoms with Crippen molar-refractivity contribution >= 4 is 23.3 Å². The number of anilines is 1. The highest BCUT2D eigenvalue weighted by Gasteiger charge is 2.34. The second-order valence-electron chi connectivity index (χ2n) is 5.99. The molecule has 1 aromatic carbocycles. The lowest BCUT2D eigenvalue weighted by Crippen LogP contribution is -2.51. The van der Waals surface area contributed by atoms with Crippen molar-refractivity contribution < 1.29 is 19.6 Å². The van der Waals surface area contributed by atoms with Crippen LogP contribution in [0.25, 0.3) is 0 Å². The number of carboxylic acid groups (broad SMARTS) is 1. The van der Waals surface area contributed by atoms with Crippen LogP contribution >= 0.6 is 0 Å². The minimum atomic E-state index is -0.851. The van der Waals surface area contributed by atoms with Crippen LogP contribution in [-0.4, -0.2) is 59.0 Å². The molecular formula is C16H22N4O5. The molecule has 9 heteroatoms. The fourth-order valence-corrected chi connectivity index (χ4v) is 2.99. The Bertz CT molecular complexity index is 672. The number of rotatable bonds is 8. The van der Waals surface area contributed by atoms with Crippen LogP contribution in [0.1, 0.15) is 30.1 Å². The lowest BCUT2D eigenvalue weighted by atomic mass is 9.85. The summed E-state index contributed by atoms with van der Waals surface area (Å²) in [5, 5.41) is 25.5. The molecule has 1 amide bonds. The molecule has 0 bridgehead atoms. The van der Waals surface area contributed by atoms with Crippen LogP contribution in [0.5, 0.6) is 0 Å². The highest BCUT2D eigenvalue weighted by Crippen LogP contribution is 2.31. The summed E-state index contributed by atoms with van der Waals surface area (Å²) in [6.07, 6.45) is 1.51. The van der Waals surface area contributed by atoms with Gasteiger partial charge in [0.2, 0.25) is 0 Å². The van der Waals surface area contributed by atoms with E-state index in [-0.39, 0.29) is 29.9 Å². The van der Waals surface area contributed by atoms with Crippen LogP contribution in [0.15, 0.2) is 18.2 Å². The first-order valence-electron chi connectivity index (χ1n) is 8.08. The second-order valence-corrected chi connectivity index (χ2v) is 5.99. The molecule has 0 heterocycles. The highest BCUT2D eigenvalue weighted by atomic mass is 16.6. The van der Waals surface area contributed by atoms with Gasteiger partial charge in [0, 0.05) is 37.0 Å². The van der Waals surface area contributed by atoms with E-state index in [1.165, 1.54) is 25.2 Å². The van der Waals surface area contributed by atoms with Crippen molar-refractivity contribution in [3.8, 4) is 0 Å². The van der Waals surface area contributed by atoms with Crippen molar-refractivity contribution in [3.63, 3.8) is 0 Å². The Morgan fingerprint density at radius 1 is 1.40 bits per heavy atom. The predicted molar refractivity (Wildman–Crippen MR) is 91.8 cm³/mol. The van der Waals surface area contributed by atoms with Gasteiger partial charge in [0.1, 0.15) is 0 Å². The fraction of sp³-hybridized carbons (Fsp3) is 0.500. The third-order valence-electron chi connectivity index (χ3n) is 4.42. The highest BCUT2D eigenvalue weighted by molar-refractivity contribution is 6.00. The van der Waals surface area contributed by atoms with Crippen molar-refractivity contribution in [2.24, 2.45) is 0 Å². The zero-order chi connectivity index (χ0) is 18.6. The number of hydrogen-bond acceptors (Lipinski definition) is 6. The number of nitro groups is 1. The average Bonchev–Trinajstić information content (AvgIpc) is 2.54. The van der Waals surface area contributed by atoms with Crippen molar-refractivity contribution in [2.45, 2.75) is 31.8 Å². The molecule has 2 rings (SSSR count). The summed E-state index contributed by atoms with van der Waals surface area (Å²) >= 11 is 0. The zero-order valence-electron chi connectivity index (χ0n) is 14.2. The Balaban J connectivity index is 2.05. The third-order valence-corrected chi connectivity index (χ3v) is 4.42. The van der Waals surface area contributed by atoms with E-state index in [4.69, 9.17) is 5.11 Å². The van der Waals surface area contributed by atoms with E-state index < -0.39 is 16.8 Å². The van der Waals surface area contributed by atoms with Crippen molar-refractivity contribution in [2.75, 3.05) is 25.5 Å². The molecule has 9 nitrogen and oxygen atoms in total. The Kier molecular flexibility index (Phi) is 5.92. The van der Waals surface area contributed by atoms with Crippen LogP contribution in [0.4, 0.5) is 11.4 Å². The molecule has 136 valence electrons. The summed E-state index contributed by atoms with van der Waals surface area (Å²) in [4.78, 5) is 35.1. The molecule has 1 fully saturated rings. The van der Waals surface area contributed by atoms with E-state index in [1.54, 1.807) is 0 Å². The number of nitro benzene ring substituents is 1. The molecule has 1 saturated carbocycles. The minimum Gasteiger partial charge on any atom is -0.480 e. The van der Waals surface area contributed by atoms with Gasteiger partial charge in [-0.1, -0.05) is 6.92 Å². The molecule has 3 N–H and O–H groups in total. The van der Waals surface area contributed by atoms with Crippen molar-refractivity contribution in [3.05, 3.63) is 33.9 Å². The van der Waals surface area contributed by atoms with Crippen molar-refractivity contribution in [1.29, 1.82) is 0 Å². The largest absolute Gasteiger partial charge is 0.480 e. The first-order chi connectivity index (χ1) is 11.8. The van der Waals surface area contributed by atoms with Gasteiger partial charge < -0.3 is 15.7 Å². The summed E-state index contributed by atoms with van der Waals surface area (Å²) in [6, 6.07) is 4.41. The number of carbonyl (C=O) groups is 2. The molecule has 1 aliphatic rings. The Morgan fingerprint density at radius 2 is 2.08 bits per heavy atom. The molecule has 25 heavy (non-hydrogen) atoms. The third kappa shape index (κ3) is 4.44. The Labute approximate surface area is 145 Å².